The van der Waals surface area contributed by atoms with Crippen LogP contribution in [0, 0.1) is 6.92 Å². The van der Waals surface area contributed by atoms with E-state index >= 15 is 0 Å². The molecule has 3 rings (SSSR count). The van der Waals surface area contributed by atoms with Gasteiger partial charge in [0.1, 0.15) is 11.6 Å². The summed E-state index contributed by atoms with van der Waals surface area (Å²) in [5, 5.41) is 9.47. The zero-order valence-corrected chi connectivity index (χ0v) is 13.1. The van der Waals surface area contributed by atoms with E-state index in [1.165, 1.54) is 4.88 Å². The molecule has 0 saturated carbocycles. The SMILES string of the molecule is CCC(NC(=O)N1CCn2nc(C)nc2C1)c1cccs1. The highest BCUT2D eigenvalue weighted by Crippen LogP contribution is 2.22. The summed E-state index contributed by atoms with van der Waals surface area (Å²) >= 11 is 1.68. The molecular formula is C14H19N5OS. The Bertz CT molecular complexity index is 621. The maximum absolute atomic E-state index is 12.4. The molecule has 0 bridgehead atoms. The molecule has 1 aliphatic heterocycles. The highest BCUT2D eigenvalue weighted by Gasteiger charge is 2.24. The maximum atomic E-state index is 12.4. The monoisotopic (exact) mass is 305 g/mol. The van der Waals surface area contributed by atoms with Crippen molar-refractivity contribution in [2.45, 2.75) is 39.4 Å². The van der Waals surface area contributed by atoms with Gasteiger partial charge in [-0.05, 0) is 24.8 Å². The van der Waals surface area contributed by atoms with Crippen molar-refractivity contribution in [1.82, 2.24) is 25.0 Å². The van der Waals surface area contributed by atoms with E-state index in [2.05, 4.69) is 28.4 Å². The number of amides is 2. The molecule has 0 aliphatic carbocycles. The average Bonchev–Trinajstić information content (AvgIpc) is 3.11. The van der Waals surface area contributed by atoms with E-state index in [-0.39, 0.29) is 12.1 Å². The summed E-state index contributed by atoms with van der Waals surface area (Å²) in [4.78, 5) is 19.8. The summed E-state index contributed by atoms with van der Waals surface area (Å²) in [5.74, 6) is 1.62. The van der Waals surface area contributed by atoms with Crippen LogP contribution in [-0.4, -0.2) is 32.2 Å². The quantitative estimate of drug-likeness (QED) is 0.946. The molecule has 1 aliphatic rings. The average molecular weight is 305 g/mol. The Morgan fingerprint density at radius 2 is 2.38 bits per heavy atom. The van der Waals surface area contributed by atoms with Crippen LogP contribution in [0.15, 0.2) is 17.5 Å². The van der Waals surface area contributed by atoms with Gasteiger partial charge in [-0.1, -0.05) is 13.0 Å². The van der Waals surface area contributed by atoms with Crippen LogP contribution in [0.25, 0.3) is 0 Å². The fraction of sp³-hybridized carbons (Fsp3) is 0.500. The lowest BCUT2D eigenvalue weighted by molar-refractivity contribution is 0.176. The van der Waals surface area contributed by atoms with Gasteiger partial charge in [0, 0.05) is 11.4 Å². The van der Waals surface area contributed by atoms with E-state index in [1.54, 1.807) is 16.2 Å². The Kier molecular flexibility index (Phi) is 3.92. The predicted molar refractivity (Wildman–Crippen MR) is 81.1 cm³/mol. The highest BCUT2D eigenvalue weighted by atomic mass is 32.1. The van der Waals surface area contributed by atoms with Crippen LogP contribution in [0.5, 0.6) is 0 Å². The molecule has 6 nitrogen and oxygen atoms in total. The fourth-order valence-electron chi connectivity index (χ4n) is 2.54. The van der Waals surface area contributed by atoms with E-state index in [1.807, 2.05) is 23.1 Å². The molecule has 2 aromatic heterocycles. The first-order valence-electron chi connectivity index (χ1n) is 7.16. The van der Waals surface area contributed by atoms with E-state index in [0.717, 1.165) is 18.1 Å². The fourth-order valence-corrected chi connectivity index (χ4v) is 3.40. The maximum Gasteiger partial charge on any atom is 0.318 e. The number of thiophene rings is 1. The largest absolute Gasteiger partial charge is 0.330 e. The number of hydrogen-bond donors (Lipinski definition) is 1. The van der Waals surface area contributed by atoms with Crippen LogP contribution in [0.3, 0.4) is 0 Å². The van der Waals surface area contributed by atoms with Crippen molar-refractivity contribution < 1.29 is 4.79 Å². The van der Waals surface area contributed by atoms with Crippen LogP contribution in [0.4, 0.5) is 4.79 Å². The number of carbonyl (C=O) groups is 1. The van der Waals surface area contributed by atoms with Gasteiger partial charge in [0.15, 0.2) is 0 Å². The lowest BCUT2D eigenvalue weighted by Crippen LogP contribution is -2.45. The van der Waals surface area contributed by atoms with Gasteiger partial charge in [0.05, 0.1) is 19.1 Å². The standard InChI is InChI=1S/C14H19N5OS/c1-3-11(12-5-4-8-21-12)16-14(20)18-6-7-19-13(9-18)15-10(2)17-19/h4-5,8,11H,3,6-7,9H2,1-2H3,(H,16,20). The second-order valence-corrected chi connectivity index (χ2v) is 6.12. The molecule has 3 heterocycles. The molecular weight excluding hydrogens is 286 g/mol. The number of aromatic nitrogens is 3. The third-order valence-corrected chi connectivity index (χ3v) is 4.63. The highest BCUT2D eigenvalue weighted by molar-refractivity contribution is 7.10. The summed E-state index contributed by atoms with van der Waals surface area (Å²) in [6, 6.07) is 4.14. The van der Waals surface area contributed by atoms with Gasteiger partial charge in [-0.15, -0.1) is 11.3 Å². The first-order chi connectivity index (χ1) is 10.2. The molecule has 0 spiro atoms. The van der Waals surface area contributed by atoms with Crippen molar-refractivity contribution in [2.24, 2.45) is 0 Å². The molecule has 0 aromatic carbocycles. The van der Waals surface area contributed by atoms with Gasteiger partial charge in [-0.25, -0.2) is 14.5 Å². The van der Waals surface area contributed by atoms with E-state index in [9.17, 15) is 4.79 Å². The van der Waals surface area contributed by atoms with Gasteiger partial charge in [-0.3, -0.25) is 0 Å². The van der Waals surface area contributed by atoms with Crippen molar-refractivity contribution in [2.75, 3.05) is 6.54 Å². The van der Waals surface area contributed by atoms with Crippen LogP contribution < -0.4 is 5.32 Å². The smallest absolute Gasteiger partial charge is 0.318 e. The lowest BCUT2D eigenvalue weighted by Gasteiger charge is -2.28. The zero-order chi connectivity index (χ0) is 14.8. The molecule has 112 valence electrons. The van der Waals surface area contributed by atoms with Gasteiger partial charge in [0.2, 0.25) is 0 Å². The molecule has 2 aromatic rings. The van der Waals surface area contributed by atoms with E-state index < -0.39 is 0 Å². The minimum absolute atomic E-state index is 0.0258. The Morgan fingerprint density at radius 3 is 3.10 bits per heavy atom. The van der Waals surface area contributed by atoms with Gasteiger partial charge in [0.25, 0.3) is 0 Å². The van der Waals surface area contributed by atoms with Gasteiger partial charge >= 0.3 is 6.03 Å². The summed E-state index contributed by atoms with van der Waals surface area (Å²) in [6.45, 7) is 5.86. The number of fused-ring (bicyclic) bond motifs is 1. The van der Waals surface area contributed by atoms with Gasteiger partial charge in [-0.2, -0.15) is 5.10 Å². The van der Waals surface area contributed by atoms with Crippen LogP contribution in [-0.2, 0) is 13.1 Å². The van der Waals surface area contributed by atoms with Crippen LogP contribution in [0.1, 0.15) is 35.9 Å². The summed E-state index contributed by atoms with van der Waals surface area (Å²) in [7, 11) is 0. The van der Waals surface area contributed by atoms with Crippen molar-refractivity contribution in [3.8, 4) is 0 Å². The number of aryl methyl sites for hydroxylation is 1. The number of hydrogen-bond acceptors (Lipinski definition) is 4. The molecule has 1 N–H and O–H groups in total. The van der Waals surface area contributed by atoms with Crippen LogP contribution >= 0.6 is 11.3 Å². The minimum atomic E-state index is -0.0258. The van der Waals surface area contributed by atoms with E-state index in [0.29, 0.717) is 19.6 Å². The Labute approximate surface area is 127 Å². The predicted octanol–water partition coefficient (Wildman–Crippen LogP) is 2.32. The molecule has 0 saturated heterocycles. The number of urea groups is 1. The molecule has 1 unspecified atom stereocenters. The van der Waals surface area contributed by atoms with Crippen molar-refractivity contribution in [3.63, 3.8) is 0 Å². The third kappa shape index (κ3) is 2.92. The number of rotatable bonds is 3. The third-order valence-electron chi connectivity index (χ3n) is 3.65. The number of nitrogens with one attached hydrogen (secondary N) is 1. The Balaban J connectivity index is 1.66. The molecule has 2 amide bonds. The van der Waals surface area contributed by atoms with Crippen molar-refractivity contribution in [1.29, 1.82) is 0 Å². The molecule has 1 atom stereocenters. The summed E-state index contributed by atoms with van der Waals surface area (Å²) in [5.41, 5.74) is 0. The summed E-state index contributed by atoms with van der Waals surface area (Å²) in [6.07, 6.45) is 0.884. The van der Waals surface area contributed by atoms with Crippen molar-refractivity contribution >= 4 is 17.4 Å². The first kappa shape index (κ1) is 14.1. The molecule has 21 heavy (non-hydrogen) atoms. The second kappa shape index (κ2) is 5.85. The lowest BCUT2D eigenvalue weighted by atomic mass is 10.2. The zero-order valence-electron chi connectivity index (χ0n) is 12.2. The molecule has 0 fully saturated rings. The normalized spacial score (nSPS) is 15.6. The molecule has 0 radical (unpaired) electrons. The van der Waals surface area contributed by atoms with Crippen molar-refractivity contribution in [3.05, 3.63) is 34.0 Å². The first-order valence-corrected chi connectivity index (χ1v) is 8.04. The van der Waals surface area contributed by atoms with Crippen LogP contribution in [0.2, 0.25) is 0 Å². The second-order valence-electron chi connectivity index (χ2n) is 5.15. The molecule has 7 heteroatoms. The number of carbonyl (C=O) groups excluding carboxylic acids is 1. The summed E-state index contributed by atoms with van der Waals surface area (Å²) < 4.78 is 1.88. The van der Waals surface area contributed by atoms with Gasteiger partial charge < -0.3 is 10.2 Å². The Morgan fingerprint density at radius 1 is 1.52 bits per heavy atom. The number of nitrogens with zero attached hydrogens (tertiary/aromatic N) is 4. The Hall–Kier alpha value is -1.89. The topological polar surface area (TPSA) is 63.1 Å². The minimum Gasteiger partial charge on any atom is -0.330 e. The van der Waals surface area contributed by atoms with E-state index in [4.69, 9.17) is 0 Å².